The fourth-order valence-electron chi connectivity index (χ4n) is 2.29. The van der Waals surface area contributed by atoms with Gasteiger partial charge in [-0.05, 0) is 44.6 Å². The Bertz CT molecular complexity index is 542. The Morgan fingerprint density at radius 3 is 2.79 bits per heavy atom. The molecule has 1 aromatic rings. The van der Waals surface area contributed by atoms with Crippen LogP contribution in [0.25, 0.3) is 0 Å². The molecule has 2 rings (SSSR count). The predicted octanol–water partition coefficient (Wildman–Crippen LogP) is 0.780. The number of sulfonamides is 1. The summed E-state index contributed by atoms with van der Waals surface area (Å²) in [6.07, 6.45) is 1.73. The van der Waals surface area contributed by atoms with Crippen LogP contribution in [0.15, 0.2) is 23.1 Å². The summed E-state index contributed by atoms with van der Waals surface area (Å²) in [5, 5.41) is 0. The van der Waals surface area contributed by atoms with Crippen LogP contribution in [0, 0.1) is 5.82 Å². The van der Waals surface area contributed by atoms with Gasteiger partial charge in [-0.2, -0.15) is 0 Å². The van der Waals surface area contributed by atoms with Gasteiger partial charge >= 0.3 is 0 Å². The molecular formula is C12H18FN3O2S. The summed E-state index contributed by atoms with van der Waals surface area (Å²) in [7, 11) is -1.78. The van der Waals surface area contributed by atoms with E-state index in [0.717, 1.165) is 31.5 Å². The quantitative estimate of drug-likeness (QED) is 0.806. The first-order valence-corrected chi connectivity index (χ1v) is 7.62. The lowest BCUT2D eigenvalue weighted by atomic mass is 10.1. The number of benzene rings is 1. The summed E-state index contributed by atoms with van der Waals surface area (Å²) in [5.41, 5.74) is 5.57. The molecule has 0 aromatic heterocycles. The van der Waals surface area contributed by atoms with Gasteiger partial charge in [-0.25, -0.2) is 17.5 Å². The highest BCUT2D eigenvalue weighted by Gasteiger charge is 2.24. The average Bonchev–Trinajstić information content (AvgIpc) is 2.26. The normalized spacial score (nSPS) is 21.5. The molecule has 0 radical (unpaired) electrons. The number of nitrogen functional groups attached to an aromatic ring is 1. The number of anilines is 1. The van der Waals surface area contributed by atoms with Gasteiger partial charge in [-0.15, -0.1) is 0 Å². The Morgan fingerprint density at radius 2 is 2.16 bits per heavy atom. The van der Waals surface area contributed by atoms with Crippen molar-refractivity contribution in [2.24, 2.45) is 0 Å². The van der Waals surface area contributed by atoms with E-state index in [1.54, 1.807) is 0 Å². The van der Waals surface area contributed by atoms with E-state index in [2.05, 4.69) is 9.62 Å². The van der Waals surface area contributed by atoms with E-state index in [1.165, 1.54) is 6.07 Å². The summed E-state index contributed by atoms with van der Waals surface area (Å²) in [4.78, 5) is 1.94. The summed E-state index contributed by atoms with van der Waals surface area (Å²) in [5.74, 6) is -0.652. The minimum absolute atomic E-state index is 0.0983. The van der Waals surface area contributed by atoms with E-state index in [-0.39, 0.29) is 16.6 Å². The maximum atomic E-state index is 13.2. The Balaban J connectivity index is 2.17. The first kappa shape index (κ1) is 14.2. The number of nitrogens with two attached hydrogens (primary N) is 1. The molecule has 5 nitrogen and oxygen atoms in total. The van der Waals surface area contributed by atoms with E-state index < -0.39 is 15.8 Å². The fourth-order valence-corrected chi connectivity index (χ4v) is 3.62. The number of nitrogens with one attached hydrogen (secondary N) is 1. The summed E-state index contributed by atoms with van der Waals surface area (Å²) in [6, 6.07) is 3.18. The van der Waals surface area contributed by atoms with Crippen molar-refractivity contribution < 1.29 is 12.8 Å². The Morgan fingerprint density at radius 1 is 1.42 bits per heavy atom. The van der Waals surface area contributed by atoms with Crippen LogP contribution in [-0.2, 0) is 10.0 Å². The third kappa shape index (κ3) is 3.65. The minimum Gasteiger partial charge on any atom is -0.399 e. The van der Waals surface area contributed by atoms with Crippen LogP contribution in [0.1, 0.15) is 12.8 Å². The number of rotatable bonds is 3. The largest absolute Gasteiger partial charge is 0.399 e. The number of hydrogen-bond donors (Lipinski definition) is 2. The first-order chi connectivity index (χ1) is 8.87. The maximum Gasteiger partial charge on any atom is 0.241 e. The second kappa shape index (κ2) is 5.44. The average molecular weight is 287 g/mol. The molecule has 1 saturated heterocycles. The molecule has 0 spiro atoms. The zero-order valence-electron chi connectivity index (χ0n) is 10.8. The van der Waals surface area contributed by atoms with Crippen molar-refractivity contribution in [2.45, 2.75) is 23.8 Å². The molecule has 1 unspecified atom stereocenters. The molecule has 0 bridgehead atoms. The van der Waals surface area contributed by atoms with Crippen molar-refractivity contribution in [2.75, 3.05) is 25.9 Å². The zero-order valence-corrected chi connectivity index (χ0v) is 11.6. The van der Waals surface area contributed by atoms with Crippen LogP contribution in [0.4, 0.5) is 10.1 Å². The van der Waals surface area contributed by atoms with Crippen LogP contribution < -0.4 is 10.5 Å². The third-order valence-corrected chi connectivity index (χ3v) is 4.65. The molecule has 3 N–H and O–H groups in total. The van der Waals surface area contributed by atoms with Gasteiger partial charge in [0.25, 0.3) is 0 Å². The van der Waals surface area contributed by atoms with Crippen LogP contribution in [0.3, 0.4) is 0 Å². The zero-order chi connectivity index (χ0) is 14.0. The van der Waals surface area contributed by atoms with Gasteiger partial charge in [0.1, 0.15) is 5.82 Å². The lowest BCUT2D eigenvalue weighted by Crippen LogP contribution is -2.46. The number of piperidine rings is 1. The standard InChI is InChI=1S/C12H18FN3O2S/c1-16-4-2-3-11(8-16)15-19(17,18)12-6-9(13)5-10(14)7-12/h5-7,11,15H,2-4,8,14H2,1H3. The minimum atomic E-state index is -3.72. The lowest BCUT2D eigenvalue weighted by Gasteiger charge is -2.29. The highest BCUT2D eigenvalue weighted by molar-refractivity contribution is 7.89. The Hall–Kier alpha value is -1.18. The van der Waals surface area contributed by atoms with Gasteiger partial charge in [0, 0.05) is 18.3 Å². The number of hydrogen-bond acceptors (Lipinski definition) is 4. The molecule has 1 aromatic carbocycles. The highest BCUT2D eigenvalue weighted by atomic mass is 32.2. The smallest absolute Gasteiger partial charge is 0.241 e. The fraction of sp³-hybridized carbons (Fsp3) is 0.500. The van der Waals surface area contributed by atoms with Crippen molar-refractivity contribution in [3.63, 3.8) is 0 Å². The number of likely N-dealkylation sites (tertiary alicyclic amines) is 1. The van der Waals surface area contributed by atoms with Crippen LogP contribution in [0.2, 0.25) is 0 Å². The monoisotopic (exact) mass is 287 g/mol. The molecule has 106 valence electrons. The van der Waals surface area contributed by atoms with E-state index in [9.17, 15) is 12.8 Å². The predicted molar refractivity (Wildman–Crippen MR) is 71.7 cm³/mol. The molecule has 7 heteroatoms. The van der Waals surface area contributed by atoms with Crippen molar-refractivity contribution in [3.8, 4) is 0 Å². The van der Waals surface area contributed by atoms with Crippen molar-refractivity contribution in [1.82, 2.24) is 9.62 Å². The first-order valence-electron chi connectivity index (χ1n) is 6.14. The molecule has 1 fully saturated rings. The van der Waals surface area contributed by atoms with Crippen LogP contribution in [0.5, 0.6) is 0 Å². The third-order valence-electron chi connectivity index (χ3n) is 3.15. The Labute approximate surface area is 112 Å². The van der Waals surface area contributed by atoms with E-state index >= 15 is 0 Å². The van der Waals surface area contributed by atoms with Gasteiger partial charge in [-0.3, -0.25) is 0 Å². The van der Waals surface area contributed by atoms with Gasteiger partial charge in [0.2, 0.25) is 10.0 Å². The SMILES string of the molecule is CN1CCCC(NS(=O)(=O)c2cc(N)cc(F)c2)C1. The molecule has 0 aliphatic carbocycles. The second-order valence-electron chi connectivity index (χ2n) is 4.94. The van der Waals surface area contributed by atoms with Crippen molar-refractivity contribution in [3.05, 3.63) is 24.0 Å². The molecular weight excluding hydrogens is 269 g/mol. The molecule has 1 aliphatic rings. The molecule has 0 amide bonds. The van der Waals surface area contributed by atoms with Gasteiger partial charge in [0.15, 0.2) is 0 Å². The summed E-state index contributed by atoms with van der Waals surface area (Å²) in [6.45, 7) is 1.62. The highest BCUT2D eigenvalue weighted by Crippen LogP contribution is 2.17. The number of halogens is 1. The van der Waals surface area contributed by atoms with E-state index in [4.69, 9.17) is 5.73 Å². The van der Waals surface area contributed by atoms with Crippen molar-refractivity contribution in [1.29, 1.82) is 0 Å². The molecule has 0 saturated carbocycles. The van der Waals surface area contributed by atoms with E-state index in [1.807, 2.05) is 7.05 Å². The van der Waals surface area contributed by atoms with E-state index in [0.29, 0.717) is 6.54 Å². The van der Waals surface area contributed by atoms with Crippen molar-refractivity contribution >= 4 is 15.7 Å². The van der Waals surface area contributed by atoms with Crippen LogP contribution >= 0.6 is 0 Å². The van der Waals surface area contributed by atoms with Gasteiger partial charge < -0.3 is 10.6 Å². The number of likely N-dealkylation sites (N-methyl/N-ethyl adjacent to an activating group) is 1. The Kier molecular flexibility index (Phi) is 4.07. The molecule has 1 aliphatic heterocycles. The molecule has 19 heavy (non-hydrogen) atoms. The van der Waals surface area contributed by atoms with Crippen LogP contribution in [-0.4, -0.2) is 39.5 Å². The molecule has 1 heterocycles. The van der Waals surface area contributed by atoms with Gasteiger partial charge in [0.05, 0.1) is 4.90 Å². The van der Waals surface area contributed by atoms with Gasteiger partial charge in [-0.1, -0.05) is 0 Å². The maximum absolute atomic E-state index is 13.2. The lowest BCUT2D eigenvalue weighted by molar-refractivity contribution is 0.242. The summed E-state index contributed by atoms with van der Waals surface area (Å²) < 4.78 is 40.1. The molecule has 1 atom stereocenters. The topological polar surface area (TPSA) is 75.4 Å². The number of nitrogens with zero attached hydrogens (tertiary/aromatic N) is 1. The summed E-state index contributed by atoms with van der Waals surface area (Å²) >= 11 is 0. The second-order valence-corrected chi connectivity index (χ2v) is 6.66.